The van der Waals surface area contributed by atoms with Gasteiger partial charge in [0.15, 0.2) is 0 Å². The molecule has 2 fully saturated rings. The van der Waals surface area contributed by atoms with E-state index in [4.69, 9.17) is 9.84 Å². The molecule has 5 nitrogen and oxygen atoms in total. The Morgan fingerprint density at radius 1 is 1.25 bits per heavy atom. The summed E-state index contributed by atoms with van der Waals surface area (Å²) >= 11 is 0. The second kappa shape index (κ2) is 4.41. The molecule has 1 heterocycles. The van der Waals surface area contributed by atoms with Crippen molar-refractivity contribution in [2.45, 2.75) is 25.4 Å². The third kappa shape index (κ3) is 2.19. The number of aliphatic carboxylic acids is 1. The molecule has 0 spiro atoms. The molecule has 1 saturated carbocycles. The smallest absolute Gasteiger partial charge is 0.307 e. The summed E-state index contributed by atoms with van der Waals surface area (Å²) < 4.78 is 5.22. The molecule has 2 atom stereocenters. The number of carbonyl (C=O) groups excluding carboxylic acids is 1. The summed E-state index contributed by atoms with van der Waals surface area (Å²) in [5.41, 5.74) is 0. The lowest BCUT2D eigenvalue weighted by Gasteiger charge is -2.31. The summed E-state index contributed by atoms with van der Waals surface area (Å²) in [7, 11) is 1.68. The lowest BCUT2D eigenvalue weighted by molar-refractivity contribution is -0.142. The highest BCUT2D eigenvalue weighted by Gasteiger charge is 2.50. The minimum Gasteiger partial charge on any atom is -0.481 e. The summed E-state index contributed by atoms with van der Waals surface area (Å²) in [5, 5.41) is 8.76. The Morgan fingerprint density at radius 3 is 2.31 bits per heavy atom. The first-order chi connectivity index (χ1) is 7.63. The Kier molecular flexibility index (Phi) is 3.14. The SMILES string of the molecule is COC1CCN(C(=O)[C@@H]2C[C@@H]2C(=O)O)CC1. The quantitative estimate of drug-likeness (QED) is 0.755. The van der Waals surface area contributed by atoms with Gasteiger partial charge in [0.2, 0.25) is 5.91 Å². The molecule has 1 saturated heterocycles. The molecule has 0 aromatic rings. The van der Waals surface area contributed by atoms with Crippen molar-refractivity contribution in [3.63, 3.8) is 0 Å². The van der Waals surface area contributed by atoms with Crippen LogP contribution in [0.3, 0.4) is 0 Å². The average Bonchev–Trinajstić information content (AvgIpc) is 3.08. The fraction of sp³-hybridized carbons (Fsp3) is 0.818. The van der Waals surface area contributed by atoms with Crippen LogP contribution in [0.25, 0.3) is 0 Å². The normalized spacial score (nSPS) is 30.2. The lowest BCUT2D eigenvalue weighted by atomic mass is 10.1. The van der Waals surface area contributed by atoms with Gasteiger partial charge in [-0.25, -0.2) is 0 Å². The zero-order valence-corrected chi connectivity index (χ0v) is 9.39. The number of carboxylic acids is 1. The van der Waals surface area contributed by atoms with Gasteiger partial charge in [-0.3, -0.25) is 9.59 Å². The minimum atomic E-state index is -0.842. The second-order valence-corrected chi connectivity index (χ2v) is 4.55. The Bertz CT molecular complexity index is 296. The molecular weight excluding hydrogens is 210 g/mol. The second-order valence-electron chi connectivity index (χ2n) is 4.55. The summed E-state index contributed by atoms with van der Waals surface area (Å²) in [4.78, 5) is 24.3. The van der Waals surface area contributed by atoms with Crippen LogP contribution in [-0.4, -0.2) is 48.2 Å². The topological polar surface area (TPSA) is 66.8 Å². The van der Waals surface area contributed by atoms with Gasteiger partial charge in [0.25, 0.3) is 0 Å². The van der Waals surface area contributed by atoms with E-state index in [-0.39, 0.29) is 17.9 Å². The number of rotatable bonds is 3. The highest BCUT2D eigenvalue weighted by molar-refractivity contribution is 5.89. The molecule has 0 bridgehead atoms. The summed E-state index contributed by atoms with van der Waals surface area (Å²) in [6.45, 7) is 1.39. The monoisotopic (exact) mass is 227 g/mol. The van der Waals surface area contributed by atoms with Crippen LogP contribution in [0.15, 0.2) is 0 Å². The van der Waals surface area contributed by atoms with Gasteiger partial charge in [0, 0.05) is 20.2 Å². The number of likely N-dealkylation sites (tertiary alicyclic amines) is 1. The van der Waals surface area contributed by atoms with E-state index in [9.17, 15) is 9.59 Å². The third-order valence-electron chi connectivity index (χ3n) is 3.51. The molecule has 16 heavy (non-hydrogen) atoms. The number of ether oxygens (including phenoxy) is 1. The van der Waals surface area contributed by atoms with E-state index in [0.29, 0.717) is 19.5 Å². The molecule has 1 aliphatic heterocycles. The van der Waals surface area contributed by atoms with Crippen LogP contribution < -0.4 is 0 Å². The highest BCUT2D eigenvalue weighted by Crippen LogP contribution is 2.40. The first-order valence-corrected chi connectivity index (χ1v) is 5.68. The summed E-state index contributed by atoms with van der Waals surface area (Å²) in [6, 6.07) is 0. The maximum atomic E-state index is 11.9. The van der Waals surface area contributed by atoms with Crippen LogP contribution in [0.1, 0.15) is 19.3 Å². The Hall–Kier alpha value is -1.10. The average molecular weight is 227 g/mol. The van der Waals surface area contributed by atoms with E-state index in [1.807, 2.05) is 0 Å². The van der Waals surface area contributed by atoms with E-state index in [2.05, 4.69) is 0 Å². The summed E-state index contributed by atoms with van der Waals surface area (Å²) in [5.74, 6) is -1.53. The van der Waals surface area contributed by atoms with Gasteiger partial charge >= 0.3 is 5.97 Å². The molecule has 0 unspecified atom stereocenters. The number of nitrogens with zero attached hydrogens (tertiary/aromatic N) is 1. The number of hydrogen-bond donors (Lipinski definition) is 1. The molecule has 0 aromatic carbocycles. The summed E-state index contributed by atoms with van der Waals surface area (Å²) in [6.07, 6.45) is 2.47. The van der Waals surface area contributed by atoms with Gasteiger partial charge in [0.05, 0.1) is 17.9 Å². The maximum absolute atomic E-state index is 11.9. The number of carbonyl (C=O) groups is 2. The predicted molar refractivity (Wildman–Crippen MR) is 55.8 cm³/mol. The van der Waals surface area contributed by atoms with Crippen molar-refractivity contribution in [3.05, 3.63) is 0 Å². The van der Waals surface area contributed by atoms with Crippen LogP contribution >= 0.6 is 0 Å². The van der Waals surface area contributed by atoms with E-state index in [1.165, 1.54) is 0 Å². The Morgan fingerprint density at radius 2 is 1.88 bits per heavy atom. The number of methoxy groups -OCH3 is 1. The first kappa shape index (κ1) is 11.4. The molecule has 5 heteroatoms. The van der Waals surface area contributed by atoms with Crippen LogP contribution in [0.5, 0.6) is 0 Å². The van der Waals surface area contributed by atoms with Crippen LogP contribution in [0.2, 0.25) is 0 Å². The zero-order valence-electron chi connectivity index (χ0n) is 9.39. The number of hydrogen-bond acceptors (Lipinski definition) is 3. The standard InChI is InChI=1S/C11H17NO4/c1-16-7-2-4-12(5-3-7)10(13)8-6-9(8)11(14)15/h7-9H,2-6H2,1H3,(H,14,15)/t8-,9+/m1/s1. The van der Waals surface area contributed by atoms with E-state index in [1.54, 1.807) is 12.0 Å². The number of amides is 1. The molecule has 2 aliphatic rings. The third-order valence-corrected chi connectivity index (χ3v) is 3.51. The fourth-order valence-electron chi connectivity index (χ4n) is 2.29. The van der Waals surface area contributed by atoms with Crippen LogP contribution in [-0.2, 0) is 14.3 Å². The number of piperidine rings is 1. The van der Waals surface area contributed by atoms with Gasteiger partial charge in [-0.15, -0.1) is 0 Å². The highest BCUT2D eigenvalue weighted by atomic mass is 16.5. The van der Waals surface area contributed by atoms with E-state index in [0.717, 1.165) is 12.8 Å². The molecule has 1 amide bonds. The predicted octanol–water partition coefficient (Wildman–Crippen LogP) is 0.344. The first-order valence-electron chi connectivity index (χ1n) is 5.68. The van der Waals surface area contributed by atoms with Gasteiger partial charge in [-0.1, -0.05) is 0 Å². The molecule has 1 N–H and O–H groups in total. The Balaban J connectivity index is 1.82. The van der Waals surface area contributed by atoms with Crippen molar-refractivity contribution in [1.29, 1.82) is 0 Å². The molecule has 0 aromatic heterocycles. The molecular formula is C11H17NO4. The van der Waals surface area contributed by atoms with Gasteiger partial charge in [-0.2, -0.15) is 0 Å². The van der Waals surface area contributed by atoms with Crippen molar-refractivity contribution in [1.82, 2.24) is 4.90 Å². The fourth-order valence-corrected chi connectivity index (χ4v) is 2.29. The van der Waals surface area contributed by atoms with Gasteiger partial charge < -0.3 is 14.7 Å². The maximum Gasteiger partial charge on any atom is 0.307 e. The number of carboxylic acid groups (broad SMARTS) is 1. The van der Waals surface area contributed by atoms with Crippen LogP contribution in [0, 0.1) is 11.8 Å². The van der Waals surface area contributed by atoms with Crippen molar-refractivity contribution >= 4 is 11.9 Å². The molecule has 0 radical (unpaired) electrons. The minimum absolute atomic E-state index is 0.0157. The van der Waals surface area contributed by atoms with Crippen LogP contribution in [0.4, 0.5) is 0 Å². The van der Waals surface area contributed by atoms with Crippen molar-refractivity contribution < 1.29 is 19.4 Å². The van der Waals surface area contributed by atoms with Crippen molar-refractivity contribution in [2.75, 3.05) is 20.2 Å². The van der Waals surface area contributed by atoms with Gasteiger partial charge in [-0.05, 0) is 19.3 Å². The lowest BCUT2D eigenvalue weighted by Crippen LogP contribution is -2.41. The van der Waals surface area contributed by atoms with E-state index >= 15 is 0 Å². The molecule has 90 valence electrons. The van der Waals surface area contributed by atoms with E-state index < -0.39 is 11.9 Å². The largest absolute Gasteiger partial charge is 0.481 e. The molecule has 1 aliphatic carbocycles. The molecule has 2 rings (SSSR count). The zero-order chi connectivity index (χ0) is 11.7. The Labute approximate surface area is 94.4 Å². The van der Waals surface area contributed by atoms with Crippen molar-refractivity contribution in [3.8, 4) is 0 Å². The van der Waals surface area contributed by atoms with Gasteiger partial charge in [0.1, 0.15) is 0 Å². The van der Waals surface area contributed by atoms with Crippen molar-refractivity contribution in [2.24, 2.45) is 11.8 Å².